The average Bonchev–Trinajstić information content (AvgIpc) is 3.53. The number of aromatic nitrogens is 2. The van der Waals surface area contributed by atoms with E-state index in [1.54, 1.807) is 22.7 Å². The molecule has 0 radical (unpaired) electrons. The first-order valence-electron chi connectivity index (χ1n) is 12.3. The zero-order valence-corrected chi connectivity index (χ0v) is 26.5. The molecule has 4 nitrogen and oxygen atoms in total. The van der Waals surface area contributed by atoms with Crippen LogP contribution < -0.4 is 5.11 Å². The molecule has 0 N–H and O–H groups in total. The molecule has 40 heavy (non-hydrogen) atoms. The van der Waals surface area contributed by atoms with Crippen LogP contribution in [0.2, 0.25) is 0 Å². The molecule has 0 amide bonds. The number of nitrogens with zero attached hydrogens (tertiary/aromatic N) is 2. The van der Waals surface area contributed by atoms with E-state index in [4.69, 9.17) is 0 Å². The molecule has 0 unspecified atom stereocenters. The van der Waals surface area contributed by atoms with Crippen LogP contribution in [0.4, 0.5) is 0 Å². The summed E-state index contributed by atoms with van der Waals surface area (Å²) in [4.78, 5) is 21.0. The average molecular weight is 740 g/mol. The number of carbonyl (C=O) groups excluding carboxylic acids is 1. The molecule has 0 spiro atoms. The quantitative estimate of drug-likeness (QED) is 0.105. The Kier molecular flexibility index (Phi) is 11.5. The van der Waals surface area contributed by atoms with Crippen LogP contribution in [0.5, 0.6) is 0 Å². The van der Waals surface area contributed by atoms with Crippen LogP contribution in [0.25, 0.3) is 41.3 Å². The number of ketones is 1. The number of fused-ring (bicyclic) bond motifs is 2. The molecule has 2 aromatic carbocycles. The number of allylic oxidation sites excluding steroid dienone is 2. The fourth-order valence-electron chi connectivity index (χ4n) is 3.67. The monoisotopic (exact) mass is 740 g/mol. The van der Waals surface area contributed by atoms with Crippen molar-refractivity contribution in [1.82, 2.24) is 9.97 Å². The predicted molar refractivity (Wildman–Crippen MR) is 162 cm³/mol. The van der Waals surface area contributed by atoms with Crippen LogP contribution in [-0.4, -0.2) is 15.8 Å². The molecule has 0 aliphatic heterocycles. The standard InChI is InChI=1S/2C14H10NS.C5H8O2.Ir/c2*1-10-6-7-15-12(8-10)14-9-11-4-2-3-5-13(11)16-14;1-4(6)3-5(2)7;/h2*2-8H,1H3;3,6H,1-2H3;/q2*-1;;+3/p-1/b;;4-3-;. The van der Waals surface area contributed by atoms with Crippen LogP contribution in [0, 0.1) is 26.0 Å². The number of aryl methyl sites for hydroxylation is 2. The summed E-state index contributed by atoms with van der Waals surface area (Å²) in [5, 5.41) is 12.3. The molecule has 0 bridgehead atoms. The maximum absolute atomic E-state index is 9.98. The summed E-state index contributed by atoms with van der Waals surface area (Å²) in [7, 11) is 0. The third-order valence-electron chi connectivity index (χ3n) is 5.40. The number of thiophene rings is 2. The third kappa shape index (κ3) is 8.77. The van der Waals surface area contributed by atoms with Crippen molar-refractivity contribution >= 4 is 48.6 Å². The molecule has 6 aromatic rings. The fourth-order valence-corrected chi connectivity index (χ4v) is 5.62. The zero-order valence-electron chi connectivity index (χ0n) is 22.5. The van der Waals surface area contributed by atoms with Crippen LogP contribution in [0.1, 0.15) is 25.0 Å². The van der Waals surface area contributed by atoms with Gasteiger partial charge in [-0.2, -0.15) is 0 Å². The van der Waals surface area contributed by atoms with Crippen molar-refractivity contribution in [2.45, 2.75) is 27.7 Å². The SMILES string of the molecule is CC(=O)/C=C(/C)[O-].Cc1ccnc(-c2[c-]c3ccccc3s2)c1.Cc1ccnc(-c2[c-]c3ccccc3s2)c1.[Ir+3]. The van der Waals surface area contributed by atoms with Gasteiger partial charge in [0.2, 0.25) is 0 Å². The Hall–Kier alpha value is -3.48. The van der Waals surface area contributed by atoms with Crippen molar-refractivity contribution in [1.29, 1.82) is 0 Å². The minimum atomic E-state index is -0.187. The van der Waals surface area contributed by atoms with Crippen molar-refractivity contribution in [2.75, 3.05) is 0 Å². The smallest absolute Gasteiger partial charge is 0.876 e. The number of pyridine rings is 2. The second kappa shape index (κ2) is 14.8. The summed E-state index contributed by atoms with van der Waals surface area (Å²) in [5.41, 5.74) is 4.49. The number of hydrogen-bond donors (Lipinski definition) is 0. The minimum Gasteiger partial charge on any atom is -0.876 e. The van der Waals surface area contributed by atoms with Crippen molar-refractivity contribution in [2.24, 2.45) is 0 Å². The first-order valence-corrected chi connectivity index (χ1v) is 14.0. The largest absolute Gasteiger partial charge is 3.00 e. The molecular formula is C33H27IrN2O2S2. The van der Waals surface area contributed by atoms with Gasteiger partial charge in [-0.15, -0.1) is 52.9 Å². The van der Waals surface area contributed by atoms with E-state index in [1.165, 1.54) is 45.1 Å². The van der Waals surface area contributed by atoms with Crippen LogP contribution in [-0.2, 0) is 24.9 Å². The first kappa shape index (κ1) is 31.1. The normalized spacial score (nSPS) is 10.7. The summed E-state index contributed by atoms with van der Waals surface area (Å²) >= 11 is 3.48. The molecule has 202 valence electrons. The van der Waals surface area contributed by atoms with Crippen molar-refractivity contribution in [3.8, 4) is 21.1 Å². The summed E-state index contributed by atoms with van der Waals surface area (Å²) in [6.45, 7) is 6.86. The van der Waals surface area contributed by atoms with E-state index in [0.717, 1.165) is 27.2 Å². The number of benzene rings is 2. The molecule has 0 saturated heterocycles. The number of hydrogen-bond acceptors (Lipinski definition) is 6. The van der Waals surface area contributed by atoms with Crippen LogP contribution in [0.3, 0.4) is 0 Å². The minimum absolute atomic E-state index is 0. The molecule has 6 rings (SSSR count). The van der Waals surface area contributed by atoms with Gasteiger partial charge in [0.25, 0.3) is 0 Å². The van der Waals surface area contributed by atoms with Crippen molar-refractivity contribution in [3.05, 3.63) is 120 Å². The van der Waals surface area contributed by atoms with E-state index in [0.29, 0.717) is 0 Å². The van der Waals surface area contributed by atoms with E-state index >= 15 is 0 Å². The van der Waals surface area contributed by atoms with E-state index < -0.39 is 0 Å². The Morgan fingerprint density at radius 3 is 1.50 bits per heavy atom. The van der Waals surface area contributed by atoms with E-state index in [2.05, 4.69) is 84.5 Å². The molecule has 0 fully saturated rings. The summed E-state index contributed by atoms with van der Waals surface area (Å²) in [5.74, 6) is -0.375. The summed E-state index contributed by atoms with van der Waals surface area (Å²) < 4.78 is 2.53. The van der Waals surface area contributed by atoms with Gasteiger partial charge in [-0.25, -0.2) is 22.7 Å². The molecule has 0 aliphatic rings. The van der Waals surface area contributed by atoms with Gasteiger partial charge < -0.3 is 15.1 Å². The Morgan fingerprint density at radius 1 is 0.750 bits per heavy atom. The van der Waals surface area contributed by atoms with Gasteiger partial charge in [0.1, 0.15) is 0 Å². The zero-order chi connectivity index (χ0) is 27.8. The molecule has 0 aliphatic carbocycles. The molecule has 0 atom stereocenters. The Balaban J connectivity index is 0.000000177. The molecular weight excluding hydrogens is 713 g/mol. The molecule has 4 heterocycles. The maximum Gasteiger partial charge on any atom is 3.00 e. The molecule has 7 heteroatoms. The van der Waals surface area contributed by atoms with Gasteiger partial charge in [0.15, 0.2) is 5.78 Å². The topological polar surface area (TPSA) is 65.9 Å². The predicted octanol–water partition coefficient (Wildman–Crippen LogP) is 7.98. The Labute approximate surface area is 256 Å². The maximum atomic E-state index is 9.98. The van der Waals surface area contributed by atoms with Gasteiger partial charge in [-0.1, -0.05) is 54.4 Å². The third-order valence-corrected chi connectivity index (χ3v) is 7.58. The van der Waals surface area contributed by atoms with Crippen molar-refractivity contribution in [3.63, 3.8) is 0 Å². The number of rotatable bonds is 3. The van der Waals surface area contributed by atoms with Crippen LogP contribution >= 0.6 is 22.7 Å². The fraction of sp³-hybridized carbons (Fsp3) is 0.121. The van der Waals surface area contributed by atoms with Gasteiger partial charge in [0, 0.05) is 23.8 Å². The van der Waals surface area contributed by atoms with Gasteiger partial charge >= 0.3 is 20.1 Å². The Morgan fingerprint density at radius 2 is 1.18 bits per heavy atom. The first-order chi connectivity index (χ1) is 18.8. The second-order valence-electron chi connectivity index (χ2n) is 8.91. The van der Waals surface area contributed by atoms with E-state index in [-0.39, 0.29) is 31.6 Å². The Bertz CT molecular complexity index is 1570. The summed E-state index contributed by atoms with van der Waals surface area (Å²) in [6, 6.07) is 31.6. The van der Waals surface area contributed by atoms with Gasteiger partial charge in [-0.05, 0) is 58.1 Å². The van der Waals surface area contributed by atoms with Gasteiger partial charge in [-0.3, -0.25) is 4.79 Å². The molecule has 4 aromatic heterocycles. The van der Waals surface area contributed by atoms with Crippen LogP contribution in [0.15, 0.2) is 97.0 Å². The van der Waals surface area contributed by atoms with E-state index in [9.17, 15) is 9.90 Å². The summed E-state index contributed by atoms with van der Waals surface area (Å²) in [6.07, 6.45) is 4.76. The van der Waals surface area contributed by atoms with E-state index in [1.807, 2.05) is 36.7 Å². The van der Waals surface area contributed by atoms with Crippen molar-refractivity contribution < 1.29 is 30.0 Å². The second-order valence-corrected chi connectivity index (χ2v) is 11.0. The van der Waals surface area contributed by atoms with Gasteiger partial charge in [0.05, 0.1) is 0 Å². The number of carbonyl (C=O) groups is 1. The molecule has 0 saturated carbocycles.